The molecule has 1 N–H and O–H groups in total. The highest BCUT2D eigenvalue weighted by Crippen LogP contribution is 2.41. The third-order valence-corrected chi connectivity index (χ3v) is 7.03. The average molecular weight is 359 g/mol. The largest absolute Gasteiger partial charge is 0.454 e. The minimum atomic E-state index is -1.50. The summed E-state index contributed by atoms with van der Waals surface area (Å²) >= 11 is 0. The van der Waals surface area contributed by atoms with Crippen molar-refractivity contribution in [1.29, 1.82) is 0 Å². The lowest BCUT2D eigenvalue weighted by Gasteiger charge is -2.37. The predicted molar refractivity (Wildman–Crippen MR) is 100 cm³/mol. The summed E-state index contributed by atoms with van der Waals surface area (Å²) in [5, 5.41) is 11.6. The van der Waals surface area contributed by atoms with Gasteiger partial charge in [0.2, 0.25) is 0 Å². The maximum absolute atomic E-state index is 13.2. The molecule has 2 heterocycles. The van der Waals surface area contributed by atoms with E-state index in [1.54, 1.807) is 0 Å². The van der Waals surface area contributed by atoms with E-state index in [0.29, 0.717) is 5.56 Å². The van der Waals surface area contributed by atoms with Crippen molar-refractivity contribution in [2.75, 3.05) is 26.2 Å². The van der Waals surface area contributed by atoms with E-state index in [0.717, 1.165) is 49.7 Å². The zero-order chi connectivity index (χ0) is 18.0. The molecule has 2 unspecified atom stereocenters. The first-order chi connectivity index (χ1) is 12.6. The van der Waals surface area contributed by atoms with Crippen molar-refractivity contribution in [3.8, 4) is 0 Å². The highest BCUT2D eigenvalue weighted by atomic mass is 16.6. The van der Waals surface area contributed by atoms with Gasteiger partial charge in [0.25, 0.3) is 0 Å². The molecule has 1 spiro atoms. The van der Waals surface area contributed by atoms with E-state index in [1.165, 1.54) is 32.4 Å². The lowest BCUT2D eigenvalue weighted by atomic mass is 9.73. The Kier molecular flexibility index (Phi) is 5.07. The zero-order valence-corrected chi connectivity index (χ0v) is 15.7. The maximum Gasteiger partial charge on any atom is 0.343 e. The number of carbonyl (C=O) groups excluding carboxylic acids is 1. The van der Waals surface area contributed by atoms with Crippen LogP contribution in [0.15, 0.2) is 30.3 Å². The number of nitrogens with zero attached hydrogens (tertiary/aromatic N) is 1. The fourth-order valence-corrected chi connectivity index (χ4v) is 5.52. The molecule has 0 aromatic heterocycles. The second-order valence-corrected chi connectivity index (χ2v) is 8.69. The van der Waals surface area contributed by atoms with Crippen LogP contribution in [0.3, 0.4) is 0 Å². The van der Waals surface area contributed by atoms with Gasteiger partial charge in [0.05, 0.1) is 19.6 Å². The summed E-state index contributed by atoms with van der Waals surface area (Å²) in [6, 6.07) is 9.47. The molecular formula is C22H32NO3+. The average Bonchev–Trinajstić information content (AvgIpc) is 3.32. The Labute approximate surface area is 156 Å². The summed E-state index contributed by atoms with van der Waals surface area (Å²) in [5.41, 5.74) is -0.805. The van der Waals surface area contributed by atoms with Crippen LogP contribution in [0.25, 0.3) is 0 Å². The van der Waals surface area contributed by atoms with Gasteiger partial charge in [-0.2, -0.15) is 0 Å². The monoisotopic (exact) mass is 358 g/mol. The lowest BCUT2D eigenvalue weighted by molar-refractivity contribution is -0.906. The minimum Gasteiger partial charge on any atom is -0.454 e. The summed E-state index contributed by atoms with van der Waals surface area (Å²) in [5.74, 6) is -0.456. The number of aliphatic hydroxyl groups is 1. The van der Waals surface area contributed by atoms with Crippen molar-refractivity contribution in [3.05, 3.63) is 35.9 Å². The quantitative estimate of drug-likeness (QED) is 0.663. The standard InChI is InChI=1S/C22H32NO3/c24-21(26-20-13-16-23(17-20)14-7-8-15-23)22(25,18-9-3-1-4-10-18)19-11-5-2-6-12-19/h1,3-4,9-10,19-20,25H,2,5-8,11-17H2/q+1. The van der Waals surface area contributed by atoms with Gasteiger partial charge in [-0.05, 0) is 18.4 Å². The molecule has 3 fully saturated rings. The van der Waals surface area contributed by atoms with Gasteiger partial charge in [-0.1, -0.05) is 49.6 Å². The van der Waals surface area contributed by atoms with E-state index in [4.69, 9.17) is 4.74 Å². The molecule has 1 aliphatic carbocycles. The molecule has 2 aliphatic heterocycles. The number of quaternary nitrogens is 1. The first kappa shape index (κ1) is 18.0. The molecule has 1 aromatic rings. The Hall–Kier alpha value is -1.39. The smallest absolute Gasteiger partial charge is 0.343 e. The second kappa shape index (κ2) is 7.32. The fraction of sp³-hybridized carbons (Fsp3) is 0.682. The van der Waals surface area contributed by atoms with Gasteiger partial charge in [0.1, 0.15) is 6.54 Å². The summed E-state index contributed by atoms with van der Waals surface area (Å²) in [6.07, 6.45) is 8.61. The van der Waals surface area contributed by atoms with Crippen LogP contribution in [0.2, 0.25) is 0 Å². The summed E-state index contributed by atoms with van der Waals surface area (Å²) in [6.45, 7) is 4.49. The number of carbonyl (C=O) groups is 1. The Morgan fingerprint density at radius 1 is 0.962 bits per heavy atom. The van der Waals surface area contributed by atoms with Crippen molar-refractivity contribution >= 4 is 5.97 Å². The summed E-state index contributed by atoms with van der Waals surface area (Å²) in [4.78, 5) is 13.2. The second-order valence-electron chi connectivity index (χ2n) is 8.69. The molecule has 2 atom stereocenters. The SMILES string of the molecule is O=C(OC1CC[N+]2(CCCC2)C1)C(O)(c1ccccc1)C1CCCCC1. The van der Waals surface area contributed by atoms with E-state index >= 15 is 0 Å². The van der Waals surface area contributed by atoms with Crippen molar-refractivity contribution in [1.82, 2.24) is 0 Å². The number of rotatable bonds is 4. The van der Waals surface area contributed by atoms with E-state index < -0.39 is 11.6 Å². The normalized spacial score (nSPS) is 28.1. The van der Waals surface area contributed by atoms with Crippen LogP contribution in [0.1, 0.15) is 56.9 Å². The van der Waals surface area contributed by atoms with Gasteiger partial charge >= 0.3 is 5.97 Å². The number of hydrogen-bond donors (Lipinski definition) is 1. The van der Waals surface area contributed by atoms with Gasteiger partial charge in [-0.25, -0.2) is 4.79 Å². The summed E-state index contributed by atoms with van der Waals surface area (Å²) in [7, 11) is 0. The van der Waals surface area contributed by atoms with Crippen LogP contribution in [0, 0.1) is 5.92 Å². The molecule has 4 rings (SSSR count). The molecule has 3 aliphatic rings. The highest BCUT2D eigenvalue weighted by molar-refractivity contribution is 5.81. The van der Waals surface area contributed by atoms with Crippen LogP contribution in [0.4, 0.5) is 0 Å². The van der Waals surface area contributed by atoms with Crippen LogP contribution in [-0.4, -0.2) is 47.8 Å². The molecule has 0 amide bonds. The first-order valence-corrected chi connectivity index (χ1v) is 10.5. The number of hydrogen-bond acceptors (Lipinski definition) is 3. The molecule has 0 bridgehead atoms. The van der Waals surface area contributed by atoms with Gasteiger partial charge in [-0.3, -0.25) is 0 Å². The minimum absolute atomic E-state index is 0.0394. The van der Waals surface area contributed by atoms with Crippen LogP contribution >= 0.6 is 0 Å². The van der Waals surface area contributed by atoms with E-state index in [9.17, 15) is 9.90 Å². The Morgan fingerprint density at radius 2 is 1.65 bits per heavy atom. The third-order valence-electron chi connectivity index (χ3n) is 7.03. The lowest BCUT2D eigenvalue weighted by Crippen LogP contribution is -2.48. The molecule has 2 saturated heterocycles. The number of ether oxygens (including phenoxy) is 1. The van der Waals surface area contributed by atoms with Crippen molar-refractivity contribution in [3.63, 3.8) is 0 Å². The highest BCUT2D eigenvalue weighted by Gasteiger charge is 2.50. The predicted octanol–water partition coefficient (Wildman–Crippen LogP) is 3.38. The topological polar surface area (TPSA) is 46.5 Å². The maximum atomic E-state index is 13.2. The molecule has 0 radical (unpaired) electrons. The molecule has 4 heteroatoms. The van der Waals surface area contributed by atoms with Crippen LogP contribution < -0.4 is 0 Å². The molecule has 26 heavy (non-hydrogen) atoms. The van der Waals surface area contributed by atoms with Gasteiger partial charge in [0.15, 0.2) is 11.7 Å². The number of benzene rings is 1. The van der Waals surface area contributed by atoms with Gasteiger partial charge < -0.3 is 14.3 Å². The number of esters is 1. The molecule has 4 nitrogen and oxygen atoms in total. The molecular weight excluding hydrogens is 326 g/mol. The molecule has 1 aromatic carbocycles. The molecule has 142 valence electrons. The Balaban J connectivity index is 1.53. The Bertz CT molecular complexity index is 620. The fourth-order valence-electron chi connectivity index (χ4n) is 5.52. The van der Waals surface area contributed by atoms with Gasteiger partial charge in [0, 0.05) is 25.2 Å². The van der Waals surface area contributed by atoms with E-state index in [2.05, 4.69) is 0 Å². The zero-order valence-electron chi connectivity index (χ0n) is 15.7. The van der Waals surface area contributed by atoms with Crippen molar-refractivity contribution < 1.29 is 19.1 Å². The van der Waals surface area contributed by atoms with Gasteiger partial charge in [-0.15, -0.1) is 0 Å². The van der Waals surface area contributed by atoms with Crippen molar-refractivity contribution in [2.45, 2.75) is 63.1 Å². The van der Waals surface area contributed by atoms with E-state index in [1.807, 2.05) is 30.3 Å². The van der Waals surface area contributed by atoms with Crippen molar-refractivity contribution in [2.24, 2.45) is 5.92 Å². The molecule has 1 saturated carbocycles. The van der Waals surface area contributed by atoms with E-state index in [-0.39, 0.29) is 12.0 Å². The Morgan fingerprint density at radius 3 is 2.35 bits per heavy atom. The van der Waals surface area contributed by atoms with Crippen LogP contribution in [-0.2, 0) is 15.1 Å². The first-order valence-electron chi connectivity index (χ1n) is 10.5. The van der Waals surface area contributed by atoms with Crippen LogP contribution in [0.5, 0.6) is 0 Å². The summed E-state index contributed by atoms with van der Waals surface area (Å²) < 4.78 is 7.08. The third kappa shape index (κ3) is 3.29.